The number of aromatic nitrogens is 1. The molecule has 0 unspecified atom stereocenters. The van der Waals surface area contributed by atoms with E-state index in [4.69, 9.17) is 9.15 Å². The molecule has 152 valence electrons. The summed E-state index contributed by atoms with van der Waals surface area (Å²) in [6.45, 7) is 1.03. The Morgan fingerprint density at radius 2 is 2.03 bits per heavy atom. The molecule has 0 aliphatic rings. The molecular formula is C18H12BrF3N2O4S. The molecule has 11 heteroatoms. The Labute approximate surface area is 175 Å². The van der Waals surface area contributed by atoms with Crippen LogP contribution in [0.2, 0.25) is 0 Å². The number of halogens is 4. The molecule has 29 heavy (non-hydrogen) atoms. The molecule has 0 aliphatic heterocycles. The van der Waals surface area contributed by atoms with Gasteiger partial charge >= 0.3 is 12.1 Å². The SMILES string of the molecule is CC(=O)N(c1cccc(C(F)(F)F)c1)c1nc(COC(=O)c2ccc(Br)o2)cs1. The van der Waals surface area contributed by atoms with E-state index in [0.717, 1.165) is 28.4 Å². The Hall–Kier alpha value is -2.66. The summed E-state index contributed by atoms with van der Waals surface area (Å²) in [5.74, 6) is -1.21. The minimum absolute atomic E-state index is 0.00153. The molecule has 0 fully saturated rings. The summed E-state index contributed by atoms with van der Waals surface area (Å²) in [5.41, 5.74) is -0.510. The molecule has 2 aromatic heterocycles. The van der Waals surface area contributed by atoms with Crippen LogP contribution in [0.5, 0.6) is 0 Å². The highest BCUT2D eigenvalue weighted by Gasteiger charge is 2.31. The molecule has 0 atom stereocenters. The Bertz CT molecular complexity index is 1050. The number of hydrogen-bond donors (Lipinski definition) is 0. The van der Waals surface area contributed by atoms with E-state index in [1.54, 1.807) is 5.38 Å². The number of hydrogen-bond acceptors (Lipinski definition) is 6. The molecule has 0 radical (unpaired) electrons. The Morgan fingerprint density at radius 1 is 1.28 bits per heavy atom. The van der Waals surface area contributed by atoms with Gasteiger partial charge in [-0.05, 0) is 46.3 Å². The highest BCUT2D eigenvalue weighted by atomic mass is 79.9. The van der Waals surface area contributed by atoms with E-state index < -0.39 is 23.6 Å². The maximum atomic E-state index is 13.0. The quantitative estimate of drug-likeness (QED) is 0.439. The van der Waals surface area contributed by atoms with Crippen LogP contribution in [0.15, 0.2) is 50.9 Å². The van der Waals surface area contributed by atoms with Gasteiger partial charge in [0.25, 0.3) is 0 Å². The minimum Gasteiger partial charge on any atom is -0.453 e. The van der Waals surface area contributed by atoms with Crippen LogP contribution in [-0.4, -0.2) is 16.9 Å². The van der Waals surface area contributed by atoms with E-state index in [1.165, 1.54) is 31.2 Å². The second kappa shape index (κ2) is 8.37. The van der Waals surface area contributed by atoms with Gasteiger partial charge in [0.1, 0.15) is 6.61 Å². The third-order valence-electron chi connectivity index (χ3n) is 3.60. The van der Waals surface area contributed by atoms with Crippen molar-refractivity contribution in [2.45, 2.75) is 19.7 Å². The van der Waals surface area contributed by atoms with Crippen molar-refractivity contribution in [3.8, 4) is 0 Å². The largest absolute Gasteiger partial charge is 0.453 e. The lowest BCUT2D eigenvalue weighted by molar-refractivity contribution is -0.137. The first-order valence-corrected chi connectivity index (χ1v) is 9.67. The third-order valence-corrected chi connectivity index (χ3v) is 4.90. The highest BCUT2D eigenvalue weighted by molar-refractivity contribution is 9.10. The fourth-order valence-corrected chi connectivity index (χ4v) is 3.53. The number of nitrogens with zero attached hydrogens (tertiary/aromatic N) is 2. The van der Waals surface area contributed by atoms with Crippen LogP contribution < -0.4 is 4.90 Å². The number of benzene rings is 1. The maximum Gasteiger partial charge on any atom is 0.416 e. The fraction of sp³-hybridized carbons (Fsp3) is 0.167. The van der Waals surface area contributed by atoms with Gasteiger partial charge in [-0.25, -0.2) is 9.78 Å². The molecule has 6 nitrogen and oxygen atoms in total. The molecule has 3 aromatic rings. The first-order chi connectivity index (χ1) is 13.6. The van der Waals surface area contributed by atoms with Gasteiger partial charge in [0.05, 0.1) is 16.9 Å². The summed E-state index contributed by atoms with van der Waals surface area (Å²) >= 11 is 4.11. The number of furan rings is 1. The van der Waals surface area contributed by atoms with E-state index in [1.807, 2.05) is 0 Å². The summed E-state index contributed by atoms with van der Waals surface area (Å²) in [6.07, 6.45) is -4.54. The molecular weight excluding hydrogens is 477 g/mol. The predicted octanol–water partition coefficient (Wildman–Crippen LogP) is 5.56. The van der Waals surface area contributed by atoms with Crippen LogP contribution in [0.3, 0.4) is 0 Å². The van der Waals surface area contributed by atoms with E-state index in [9.17, 15) is 22.8 Å². The number of ether oxygens (including phenoxy) is 1. The smallest absolute Gasteiger partial charge is 0.416 e. The summed E-state index contributed by atoms with van der Waals surface area (Å²) in [6, 6.07) is 7.36. The molecule has 3 rings (SSSR count). The van der Waals surface area contributed by atoms with Gasteiger partial charge in [0.15, 0.2) is 9.80 Å². The topological polar surface area (TPSA) is 72.6 Å². The number of amides is 1. The second-order valence-corrected chi connectivity index (χ2v) is 7.32. The second-order valence-electron chi connectivity index (χ2n) is 5.70. The van der Waals surface area contributed by atoms with Crippen molar-refractivity contribution in [3.63, 3.8) is 0 Å². The van der Waals surface area contributed by atoms with Crippen LogP contribution in [-0.2, 0) is 22.3 Å². The molecule has 0 aliphatic carbocycles. The molecule has 0 saturated carbocycles. The van der Waals surface area contributed by atoms with Crippen molar-refractivity contribution in [1.82, 2.24) is 4.98 Å². The van der Waals surface area contributed by atoms with Crippen molar-refractivity contribution in [2.75, 3.05) is 4.90 Å². The minimum atomic E-state index is -4.54. The Balaban J connectivity index is 1.77. The number of esters is 1. The van der Waals surface area contributed by atoms with E-state index in [0.29, 0.717) is 10.4 Å². The van der Waals surface area contributed by atoms with Crippen LogP contribution in [0, 0.1) is 0 Å². The summed E-state index contributed by atoms with van der Waals surface area (Å²) in [5, 5.41) is 1.70. The maximum absolute atomic E-state index is 13.0. The molecule has 0 bridgehead atoms. The van der Waals surface area contributed by atoms with Gasteiger partial charge < -0.3 is 9.15 Å². The van der Waals surface area contributed by atoms with E-state index in [2.05, 4.69) is 20.9 Å². The highest BCUT2D eigenvalue weighted by Crippen LogP contribution is 2.35. The fourth-order valence-electron chi connectivity index (χ4n) is 2.35. The number of rotatable bonds is 5. The number of carbonyl (C=O) groups excluding carboxylic acids is 2. The average Bonchev–Trinajstić information content (AvgIpc) is 3.28. The van der Waals surface area contributed by atoms with Crippen LogP contribution in [0.4, 0.5) is 24.0 Å². The Morgan fingerprint density at radius 3 is 2.66 bits per heavy atom. The van der Waals surface area contributed by atoms with Crippen molar-refractivity contribution < 1.29 is 31.9 Å². The standard InChI is InChI=1S/C18H12BrF3N2O4S/c1-10(25)24(13-4-2-3-11(7-13)18(20,21)22)17-23-12(9-29-17)8-27-16(26)14-5-6-15(19)28-14/h2-7,9H,8H2,1H3. The van der Waals surface area contributed by atoms with Crippen molar-refractivity contribution >= 4 is 50.0 Å². The van der Waals surface area contributed by atoms with Crippen LogP contribution >= 0.6 is 27.3 Å². The van der Waals surface area contributed by atoms with Gasteiger partial charge in [-0.15, -0.1) is 11.3 Å². The van der Waals surface area contributed by atoms with E-state index in [-0.39, 0.29) is 23.2 Å². The molecule has 1 aromatic carbocycles. The first kappa shape index (κ1) is 21.1. The molecule has 0 spiro atoms. The average molecular weight is 489 g/mol. The van der Waals surface area contributed by atoms with Crippen LogP contribution in [0.25, 0.3) is 0 Å². The van der Waals surface area contributed by atoms with Crippen molar-refractivity contribution in [1.29, 1.82) is 0 Å². The number of carbonyl (C=O) groups is 2. The normalized spacial score (nSPS) is 11.3. The molecule has 1 amide bonds. The zero-order valence-corrected chi connectivity index (χ0v) is 17.1. The van der Waals surface area contributed by atoms with Gasteiger partial charge in [0, 0.05) is 12.3 Å². The van der Waals surface area contributed by atoms with Crippen molar-refractivity contribution in [3.05, 3.63) is 63.5 Å². The lowest BCUT2D eigenvalue weighted by Gasteiger charge is -2.19. The number of anilines is 2. The van der Waals surface area contributed by atoms with Gasteiger partial charge in [0.2, 0.25) is 11.7 Å². The zero-order chi connectivity index (χ0) is 21.2. The first-order valence-electron chi connectivity index (χ1n) is 8.00. The Kier molecular flexibility index (Phi) is 6.08. The summed E-state index contributed by atoms with van der Waals surface area (Å²) < 4.78 is 49.5. The third kappa shape index (κ3) is 5.04. The molecule has 2 heterocycles. The molecule has 0 N–H and O–H groups in total. The lowest BCUT2D eigenvalue weighted by Crippen LogP contribution is -2.23. The monoisotopic (exact) mass is 488 g/mol. The number of thiazole rings is 1. The lowest BCUT2D eigenvalue weighted by atomic mass is 10.2. The van der Waals surface area contributed by atoms with Crippen LogP contribution in [0.1, 0.15) is 28.7 Å². The summed E-state index contributed by atoms with van der Waals surface area (Å²) in [7, 11) is 0. The molecule has 0 saturated heterocycles. The van der Waals surface area contributed by atoms with Crippen molar-refractivity contribution in [2.24, 2.45) is 0 Å². The summed E-state index contributed by atoms with van der Waals surface area (Å²) in [4.78, 5) is 29.2. The predicted molar refractivity (Wildman–Crippen MR) is 102 cm³/mol. The van der Waals surface area contributed by atoms with Gasteiger partial charge in [-0.1, -0.05) is 6.07 Å². The van der Waals surface area contributed by atoms with E-state index >= 15 is 0 Å². The number of alkyl halides is 3. The van der Waals surface area contributed by atoms with Gasteiger partial charge in [-0.3, -0.25) is 9.69 Å². The van der Waals surface area contributed by atoms with Gasteiger partial charge in [-0.2, -0.15) is 13.2 Å². The zero-order valence-electron chi connectivity index (χ0n) is 14.7.